The number of nitrogens with one attached hydrogen (secondary N) is 2. The Bertz CT molecular complexity index is 279. The van der Waals surface area contributed by atoms with Gasteiger partial charge < -0.3 is 10.5 Å². The Morgan fingerprint density at radius 3 is 2.90 bits per heavy atom. The summed E-state index contributed by atoms with van der Waals surface area (Å²) in [6, 6.07) is 3.37. The van der Waals surface area contributed by atoms with Gasteiger partial charge >= 0.3 is 0 Å². The van der Waals surface area contributed by atoms with E-state index in [4.69, 9.17) is 10.6 Å². The lowest BCUT2D eigenvalue weighted by Gasteiger charge is -2.01. The number of rotatable bonds is 1. The van der Waals surface area contributed by atoms with E-state index in [1.165, 1.54) is 6.20 Å². The van der Waals surface area contributed by atoms with Crippen molar-refractivity contribution in [1.82, 2.24) is 4.73 Å². The topological polar surface area (TPSA) is 61.0 Å². The van der Waals surface area contributed by atoms with Crippen molar-refractivity contribution < 1.29 is 5.21 Å². The van der Waals surface area contributed by atoms with Gasteiger partial charge in [0, 0.05) is 13.2 Å². The molecule has 0 spiro atoms. The van der Waals surface area contributed by atoms with Crippen molar-refractivity contribution in [2.24, 2.45) is 0 Å². The monoisotopic (exact) mass is 139 g/mol. The van der Waals surface area contributed by atoms with E-state index < -0.39 is 0 Å². The predicted molar refractivity (Wildman–Crippen MR) is 37.0 cm³/mol. The summed E-state index contributed by atoms with van der Waals surface area (Å²) < 4.78 is 0.756. The Morgan fingerprint density at radius 2 is 2.40 bits per heavy atom. The first-order valence-corrected chi connectivity index (χ1v) is 2.89. The van der Waals surface area contributed by atoms with Gasteiger partial charge in [-0.1, -0.05) is 0 Å². The van der Waals surface area contributed by atoms with Crippen LogP contribution in [0, 0.1) is 5.41 Å². The molecule has 1 rings (SSSR count). The highest BCUT2D eigenvalue weighted by atomic mass is 16.5. The van der Waals surface area contributed by atoms with Crippen LogP contribution in [0.1, 0.15) is 0 Å². The lowest BCUT2D eigenvalue weighted by atomic mass is 10.4. The van der Waals surface area contributed by atoms with Crippen molar-refractivity contribution in [3.8, 4) is 0 Å². The Kier molecular flexibility index (Phi) is 1.62. The normalized spacial score (nSPS) is 9.30. The Labute approximate surface area is 58.2 Å². The molecular formula is C6H9N3O. The lowest BCUT2D eigenvalue weighted by Crippen LogP contribution is -2.19. The SMILES string of the molecule is CNc1cccn(O)c1=N. The molecule has 0 saturated carbocycles. The highest BCUT2D eigenvalue weighted by molar-refractivity contribution is 5.37. The van der Waals surface area contributed by atoms with Gasteiger partial charge in [0.05, 0.1) is 5.69 Å². The van der Waals surface area contributed by atoms with Crippen LogP contribution < -0.4 is 10.8 Å². The Morgan fingerprint density at radius 1 is 1.70 bits per heavy atom. The van der Waals surface area contributed by atoms with Gasteiger partial charge in [-0.3, -0.25) is 5.41 Å². The van der Waals surface area contributed by atoms with Crippen molar-refractivity contribution >= 4 is 5.69 Å². The summed E-state index contributed by atoms with van der Waals surface area (Å²) in [5, 5.41) is 18.9. The van der Waals surface area contributed by atoms with E-state index in [9.17, 15) is 0 Å². The van der Waals surface area contributed by atoms with Crippen LogP contribution in [0.15, 0.2) is 18.3 Å². The second kappa shape index (κ2) is 2.43. The molecule has 0 fully saturated rings. The molecule has 0 radical (unpaired) electrons. The molecule has 0 atom stereocenters. The first-order valence-electron chi connectivity index (χ1n) is 2.89. The zero-order chi connectivity index (χ0) is 7.56. The number of hydrogen-bond donors (Lipinski definition) is 3. The molecule has 1 aromatic rings. The van der Waals surface area contributed by atoms with Gasteiger partial charge in [0.25, 0.3) is 0 Å². The maximum absolute atomic E-state index is 8.92. The molecule has 0 bridgehead atoms. The third kappa shape index (κ3) is 0.953. The van der Waals surface area contributed by atoms with Gasteiger partial charge in [0.2, 0.25) is 0 Å². The average molecular weight is 139 g/mol. The zero-order valence-corrected chi connectivity index (χ0v) is 5.63. The van der Waals surface area contributed by atoms with Crippen molar-refractivity contribution in [3.05, 3.63) is 23.8 Å². The highest BCUT2D eigenvalue weighted by Gasteiger charge is 1.92. The molecule has 0 aliphatic carbocycles. The fourth-order valence-corrected chi connectivity index (χ4v) is 0.699. The number of pyridine rings is 1. The summed E-state index contributed by atoms with van der Waals surface area (Å²) in [6.45, 7) is 0. The summed E-state index contributed by atoms with van der Waals surface area (Å²) in [6.07, 6.45) is 1.41. The molecule has 0 aliphatic heterocycles. The van der Waals surface area contributed by atoms with E-state index in [1.54, 1.807) is 19.2 Å². The molecule has 4 nitrogen and oxygen atoms in total. The van der Waals surface area contributed by atoms with E-state index in [1.807, 2.05) is 0 Å². The van der Waals surface area contributed by atoms with Gasteiger partial charge in [-0.05, 0) is 12.1 Å². The van der Waals surface area contributed by atoms with Gasteiger partial charge in [-0.25, -0.2) is 0 Å². The third-order valence-electron chi connectivity index (χ3n) is 1.24. The largest absolute Gasteiger partial charge is 0.427 e. The number of aromatic nitrogens is 1. The fourth-order valence-electron chi connectivity index (χ4n) is 0.699. The molecular weight excluding hydrogens is 130 g/mol. The maximum Gasteiger partial charge on any atom is 0.183 e. The summed E-state index contributed by atoms with van der Waals surface area (Å²) in [5.74, 6) is 0. The molecule has 1 heterocycles. The molecule has 0 saturated heterocycles. The average Bonchev–Trinajstić information content (AvgIpc) is 1.95. The Hall–Kier alpha value is -1.45. The van der Waals surface area contributed by atoms with Crippen LogP contribution >= 0.6 is 0 Å². The van der Waals surface area contributed by atoms with Gasteiger partial charge in [-0.15, -0.1) is 0 Å². The summed E-state index contributed by atoms with van der Waals surface area (Å²) in [5.41, 5.74) is 0.662. The van der Waals surface area contributed by atoms with E-state index in [0.717, 1.165) is 4.73 Å². The molecule has 54 valence electrons. The van der Waals surface area contributed by atoms with E-state index in [2.05, 4.69) is 5.32 Å². The number of anilines is 1. The van der Waals surface area contributed by atoms with Crippen LogP contribution in [0.5, 0.6) is 0 Å². The van der Waals surface area contributed by atoms with E-state index in [0.29, 0.717) is 5.69 Å². The van der Waals surface area contributed by atoms with Crippen LogP contribution in [-0.4, -0.2) is 17.0 Å². The smallest absolute Gasteiger partial charge is 0.183 e. The quantitative estimate of drug-likeness (QED) is 0.488. The van der Waals surface area contributed by atoms with Crippen molar-refractivity contribution in [1.29, 1.82) is 5.41 Å². The second-order valence-electron chi connectivity index (χ2n) is 1.87. The minimum atomic E-state index is 0.0602. The predicted octanol–water partition coefficient (Wildman–Crippen LogP) is 0.247. The molecule has 10 heavy (non-hydrogen) atoms. The molecule has 0 aromatic carbocycles. The van der Waals surface area contributed by atoms with E-state index in [-0.39, 0.29) is 5.49 Å². The first kappa shape index (κ1) is 6.67. The van der Waals surface area contributed by atoms with Gasteiger partial charge in [0.1, 0.15) is 0 Å². The molecule has 0 unspecified atom stereocenters. The maximum atomic E-state index is 8.92. The van der Waals surface area contributed by atoms with Crippen LogP contribution in [0.3, 0.4) is 0 Å². The highest BCUT2D eigenvalue weighted by Crippen LogP contribution is 1.93. The van der Waals surface area contributed by atoms with Crippen molar-refractivity contribution in [2.45, 2.75) is 0 Å². The van der Waals surface area contributed by atoms with Crippen LogP contribution in [0.25, 0.3) is 0 Å². The van der Waals surface area contributed by atoms with Gasteiger partial charge in [-0.2, -0.15) is 4.73 Å². The molecule has 0 amide bonds. The fraction of sp³-hybridized carbons (Fsp3) is 0.167. The zero-order valence-electron chi connectivity index (χ0n) is 5.63. The Balaban J connectivity index is 3.28. The van der Waals surface area contributed by atoms with Crippen LogP contribution in [0.4, 0.5) is 5.69 Å². The van der Waals surface area contributed by atoms with Crippen molar-refractivity contribution in [3.63, 3.8) is 0 Å². The third-order valence-corrected chi connectivity index (χ3v) is 1.24. The van der Waals surface area contributed by atoms with Crippen LogP contribution in [0.2, 0.25) is 0 Å². The number of hydrogen-bond acceptors (Lipinski definition) is 3. The lowest BCUT2D eigenvalue weighted by molar-refractivity contribution is 0.171. The van der Waals surface area contributed by atoms with Crippen molar-refractivity contribution in [2.75, 3.05) is 12.4 Å². The van der Waals surface area contributed by atoms with E-state index >= 15 is 0 Å². The number of nitrogens with zero attached hydrogens (tertiary/aromatic N) is 1. The minimum absolute atomic E-state index is 0.0602. The first-order chi connectivity index (χ1) is 4.75. The molecule has 3 N–H and O–H groups in total. The second-order valence-corrected chi connectivity index (χ2v) is 1.87. The summed E-state index contributed by atoms with van der Waals surface area (Å²) >= 11 is 0. The minimum Gasteiger partial charge on any atom is -0.427 e. The summed E-state index contributed by atoms with van der Waals surface area (Å²) in [7, 11) is 1.70. The van der Waals surface area contributed by atoms with Crippen LogP contribution in [-0.2, 0) is 0 Å². The van der Waals surface area contributed by atoms with Gasteiger partial charge in [0.15, 0.2) is 5.49 Å². The molecule has 0 aliphatic rings. The molecule has 4 heteroatoms. The molecule has 1 aromatic heterocycles. The standard InChI is InChI=1S/C6H9N3O/c1-8-5-3-2-4-9(10)6(5)7/h2-4,7-8,10H,1H3. The summed E-state index contributed by atoms with van der Waals surface area (Å²) in [4.78, 5) is 0.